The molecule has 1 aliphatic heterocycles. The van der Waals surface area contributed by atoms with Crippen LogP contribution in [0.5, 0.6) is 0 Å². The Kier molecular flexibility index (Phi) is 3.85. The lowest BCUT2D eigenvalue weighted by Crippen LogP contribution is -2.19. The van der Waals surface area contributed by atoms with Gasteiger partial charge in [-0.05, 0) is 30.0 Å². The predicted octanol–water partition coefficient (Wildman–Crippen LogP) is 3.28. The van der Waals surface area contributed by atoms with Gasteiger partial charge in [0, 0.05) is 18.4 Å². The van der Waals surface area contributed by atoms with Gasteiger partial charge in [0.2, 0.25) is 6.19 Å². The van der Waals surface area contributed by atoms with Crippen LogP contribution in [-0.4, -0.2) is 18.3 Å². The van der Waals surface area contributed by atoms with E-state index >= 15 is 0 Å². The third-order valence-electron chi connectivity index (χ3n) is 2.76. The van der Waals surface area contributed by atoms with E-state index < -0.39 is 0 Å². The summed E-state index contributed by atoms with van der Waals surface area (Å²) in [6, 6.07) is 8.20. The van der Waals surface area contributed by atoms with Crippen LogP contribution in [0, 0.1) is 11.5 Å². The molecule has 0 spiro atoms. The minimum atomic E-state index is 0.711. The standard InChI is InChI=1S/C14H13N3S/c1-17-12(9-14(18-2)16-10-15)8-7-11-5-3-4-6-13(11)17/h3-9H,1-2H3/b12-9+,16-14?. The van der Waals surface area contributed by atoms with Gasteiger partial charge in [-0.2, -0.15) is 10.3 Å². The van der Waals surface area contributed by atoms with Gasteiger partial charge in [-0.3, -0.25) is 0 Å². The maximum atomic E-state index is 8.61. The normalized spacial score (nSPS) is 16.6. The number of nitrogens with zero attached hydrogens (tertiary/aromatic N) is 3. The second-order valence-corrected chi connectivity index (χ2v) is 4.60. The van der Waals surface area contributed by atoms with Crippen LogP contribution in [0.2, 0.25) is 0 Å². The van der Waals surface area contributed by atoms with Gasteiger partial charge in [-0.1, -0.05) is 24.3 Å². The number of fused-ring (bicyclic) bond motifs is 1. The summed E-state index contributed by atoms with van der Waals surface area (Å²) in [5.41, 5.74) is 3.38. The molecule has 0 atom stereocenters. The van der Waals surface area contributed by atoms with Crippen LogP contribution in [0.1, 0.15) is 5.56 Å². The monoisotopic (exact) mass is 255 g/mol. The molecule has 18 heavy (non-hydrogen) atoms. The first-order valence-electron chi connectivity index (χ1n) is 5.49. The highest BCUT2D eigenvalue weighted by Gasteiger charge is 2.13. The lowest BCUT2D eigenvalue weighted by atomic mass is 10.1. The molecule has 0 radical (unpaired) electrons. The number of hydrogen-bond donors (Lipinski definition) is 0. The number of anilines is 1. The summed E-state index contributed by atoms with van der Waals surface area (Å²) >= 11 is 1.46. The third kappa shape index (κ3) is 2.47. The molecule has 2 rings (SSSR count). The first-order valence-corrected chi connectivity index (χ1v) is 6.72. The third-order valence-corrected chi connectivity index (χ3v) is 3.39. The van der Waals surface area contributed by atoms with E-state index in [0.717, 1.165) is 11.4 Å². The number of thioether (sulfide) groups is 1. The van der Waals surface area contributed by atoms with Gasteiger partial charge < -0.3 is 4.90 Å². The lowest BCUT2D eigenvalue weighted by Gasteiger charge is -2.26. The van der Waals surface area contributed by atoms with E-state index in [-0.39, 0.29) is 0 Å². The number of benzene rings is 1. The van der Waals surface area contributed by atoms with Crippen LogP contribution in [0.3, 0.4) is 0 Å². The van der Waals surface area contributed by atoms with E-state index in [0.29, 0.717) is 5.04 Å². The Morgan fingerprint density at radius 1 is 1.39 bits per heavy atom. The van der Waals surface area contributed by atoms with E-state index in [2.05, 4.69) is 28.1 Å². The molecule has 90 valence electrons. The Hall–Kier alpha value is -1.99. The molecule has 0 fully saturated rings. The van der Waals surface area contributed by atoms with E-state index in [1.54, 1.807) is 0 Å². The zero-order chi connectivity index (χ0) is 13.0. The highest BCUT2D eigenvalue weighted by Crippen LogP contribution is 2.29. The lowest BCUT2D eigenvalue weighted by molar-refractivity contribution is 1.13. The fourth-order valence-electron chi connectivity index (χ4n) is 1.82. The van der Waals surface area contributed by atoms with Crippen molar-refractivity contribution in [2.24, 2.45) is 4.99 Å². The van der Waals surface area contributed by atoms with Crippen LogP contribution in [0.25, 0.3) is 6.08 Å². The summed E-state index contributed by atoms with van der Waals surface area (Å²) in [5, 5.41) is 9.32. The van der Waals surface area contributed by atoms with Gasteiger partial charge in [0.1, 0.15) is 5.04 Å². The first kappa shape index (κ1) is 12.5. The van der Waals surface area contributed by atoms with Crippen LogP contribution < -0.4 is 4.90 Å². The van der Waals surface area contributed by atoms with Crippen LogP contribution in [-0.2, 0) is 0 Å². The molecular formula is C14H13N3S. The number of aliphatic imine (C=N–C) groups is 1. The summed E-state index contributed by atoms with van der Waals surface area (Å²) in [6.07, 6.45) is 9.76. The number of nitriles is 1. The molecule has 0 amide bonds. The first-order chi connectivity index (χ1) is 8.76. The van der Waals surface area contributed by atoms with Crippen molar-refractivity contribution in [3.05, 3.63) is 47.7 Å². The van der Waals surface area contributed by atoms with Crippen molar-refractivity contribution in [2.45, 2.75) is 0 Å². The number of allylic oxidation sites excluding steroid dienone is 1. The zero-order valence-electron chi connectivity index (χ0n) is 10.3. The molecule has 0 bridgehead atoms. The summed E-state index contributed by atoms with van der Waals surface area (Å²) < 4.78 is 0. The minimum absolute atomic E-state index is 0.711. The Morgan fingerprint density at radius 2 is 2.17 bits per heavy atom. The number of likely N-dealkylation sites (N-methyl/N-ethyl adjacent to an activating group) is 1. The molecule has 0 N–H and O–H groups in total. The van der Waals surface area contributed by atoms with Crippen molar-refractivity contribution in [1.82, 2.24) is 0 Å². The number of para-hydroxylation sites is 1. The Balaban J connectivity index is 2.38. The van der Waals surface area contributed by atoms with Crippen LogP contribution in [0.15, 0.2) is 47.1 Å². The SMILES string of the molecule is CSC(/C=C1\C=Cc2ccccc2N1C)=NC#N. The van der Waals surface area contributed by atoms with E-state index in [1.807, 2.05) is 43.8 Å². The highest BCUT2D eigenvalue weighted by atomic mass is 32.2. The molecule has 0 unspecified atom stereocenters. The molecule has 1 aromatic rings. The summed E-state index contributed by atoms with van der Waals surface area (Å²) in [5.74, 6) is 0. The maximum absolute atomic E-state index is 8.61. The molecule has 4 heteroatoms. The van der Waals surface area contributed by atoms with E-state index in [1.165, 1.54) is 17.3 Å². The second kappa shape index (κ2) is 5.56. The average molecular weight is 255 g/mol. The highest BCUT2D eigenvalue weighted by molar-refractivity contribution is 8.13. The van der Waals surface area contributed by atoms with Gasteiger partial charge in [-0.15, -0.1) is 11.8 Å². The fourth-order valence-corrected chi connectivity index (χ4v) is 2.19. The smallest absolute Gasteiger partial charge is 0.206 e. The molecule has 0 aliphatic carbocycles. The molecule has 0 saturated carbocycles. The van der Waals surface area contributed by atoms with Gasteiger partial charge in [-0.25, -0.2) is 0 Å². The quantitative estimate of drug-likeness (QED) is 0.439. The number of rotatable bonds is 1. The second-order valence-electron chi connectivity index (χ2n) is 3.77. The van der Waals surface area contributed by atoms with Gasteiger partial charge in [0.05, 0.1) is 0 Å². The average Bonchev–Trinajstić information content (AvgIpc) is 2.41. The molecular weight excluding hydrogens is 242 g/mol. The van der Waals surface area contributed by atoms with Crippen molar-refractivity contribution in [3.8, 4) is 6.19 Å². The zero-order valence-corrected chi connectivity index (χ0v) is 11.1. The van der Waals surface area contributed by atoms with Crippen LogP contribution in [0.4, 0.5) is 5.69 Å². The Morgan fingerprint density at radius 3 is 2.89 bits per heavy atom. The molecule has 1 aromatic carbocycles. The predicted molar refractivity (Wildman–Crippen MR) is 78.5 cm³/mol. The van der Waals surface area contributed by atoms with Crippen molar-refractivity contribution in [3.63, 3.8) is 0 Å². The summed E-state index contributed by atoms with van der Waals surface area (Å²) in [7, 11) is 2.01. The summed E-state index contributed by atoms with van der Waals surface area (Å²) in [4.78, 5) is 5.87. The largest absolute Gasteiger partial charge is 0.344 e. The number of hydrogen-bond acceptors (Lipinski definition) is 4. The fraction of sp³-hybridized carbons (Fsp3) is 0.143. The molecule has 1 aliphatic rings. The van der Waals surface area contributed by atoms with Crippen molar-refractivity contribution < 1.29 is 0 Å². The Labute approximate surface area is 111 Å². The van der Waals surface area contributed by atoms with E-state index in [9.17, 15) is 0 Å². The van der Waals surface area contributed by atoms with Gasteiger partial charge >= 0.3 is 0 Å². The molecule has 0 aromatic heterocycles. The maximum Gasteiger partial charge on any atom is 0.206 e. The van der Waals surface area contributed by atoms with Crippen molar-refractivity contribution in [1.29, 1.82) is 5.26 Å². The minimum Gasteiger partial charge on any atom is -0.344 e. The van der Waals surface area contributed by atoms with E-state index in [4.69, 9.17) is 5.26 Å². The molecule has 0 saturated heterocycles. The van der Waals surface area contributed by atoms with Crippen molar-refractivity contribution in [2.75, 3.05) is 18.2 Å². The van der Waals surface area contributed by atoms with Crippen molar-refractivity contribution >= 4 is 28.6 Å². The topological polar surface area (TPSA) is 39.4 Å². The van der Waals surface area contributed by atoms with Gasteiger partial charge in [0.15, 0.2) is 0 Å². The summed E-state index contributed by atoms with van der Waals surface area (Å²) in [6.45, 7) is 0. The molecule has 1 heterocycles. The Bertz CT molecular complexity index is 579. The van der Waals surface area contributed by atoms with Crippen LogP contribution >= 0.6 is 11.8 Å². The molecule has 3 nitrogen and oxygen atoms in total. The van der Waals surface area contributed by atoms with Gasteiger partial charge in [0.25, 0.3) is 0 Å².